The molecule has 0 radical (unpaired) electrons. The van der Waals surface area contributed by atoms with Gasteiger partial charge in [0.25, 0.3) is 0 Å². The van der Waals surface area contributed by atoms with Gasteiger partial charge in [-0.1, -0.05) is 17.3 Å². The number of aromatic nitrogens is 2. The van der Waals surface area contributed by atoms with Crippen LogP contribution >= 0.6 is 0 Å². The van der Waals surface area contributed by atoms with Crippen molar-refractivity contribution in [3.05, 3.63) is 41.5 Å². The van der Waals surface area contributed by atoms with Crippen molar-refractivity contribution in [3.63, 3.8) is 0 Å². The van der Waals surface area contributed by atoms with Crippen molar-refractivity contribution in [1.82, 2.24) is 14.9 Å². The lowest BCUT2D eigenvalue weighted by molar-refractivity contribution is 0.410. The average Bonchev–Trinajstić information content (AvgIpc) is 2.91. The third kappa shape index (κ3) is 3.21. The summed E-state index contributed by atoms with van der Waals surface area (Å²) in [5, 5.41) is 3.62. The van der Waals surface area contributed by atoms with Gasteiger partial charge in [-0.05, 0) is 24.1 Å². The molecule has 0 saturated carbocycles. The molecule has 0 bridgehead atoms. The van der Waals surface area contributed by atoms with Crippen molar-refractivity contribution >= 4 is 10.0 Å². The molecule has 0 fully saturated rings. The maximum Gasteiger partial charge on any atom is 0.240 e. The molecular formula is C12H16N4O3S. The van der Waals surface area contributed by atoms with E-state index >= 15 is 0 Å². The average molecular weight is 296 g/mol. The molecule has 108 valence electrons. The van der Waals surface area contributed by atoms with Gasteiger partial charge in [0.15, 0.2) is 5.82 Å². The van der Waals surface area contributed by atoms with Crippen LogP contribution in [-0.2, 0) is 23.0 Å². The second-order valence-corrected chi connectivity index (χ2v) is 5.97. The molecule has 2 aromatic rings. The van der Waals surface area contributed by atoms with Gasteiger partial charge in [0.2, 0.25) is 16.4 Å². The first-order chi connectivity index (χ1) is 9.54. The summed E-state index contributed by atoms with van der Waals surface area (Å²) in [7, 11) is -3.57. The largest absolute Gasteiger partial charge is 0.343 e. The molecule has 7 nitrogen and oxygen atoms in total. The monoisotopic (exact) mass is 296 g/mol. The second-order valence-electron chi connectivity index (χ2n) is 4.24. The van der Waals surface area contributed by atoms with E-state index in [4.69, 9.17) is 5.73 Å². The van der Waals surface area contributed by atoms with Gasteiger partial charge in [-0.2, -0.15) is 4.98 Å². The Morgan fingerprint density at radius 2 is 2.20 bits per heavy atom. The molecule has 1 aromatic heterocycles. The molecule has 0 atom stereocenters. The number of nitrogens with zero attached hydrogens (tertiary/aromatic N) is 2. The molecule has 0 aliphatic carbocycles. The molecule has 0 aliphatic rings. The fourth-order valence-electron chi connectivity index (χ4n) is 1.85. The van der Waals surface area contributed by atoms with Gasteiger partial charge in [-0.25, -0.2) is 13.1 Å². The highest BCUT2D eigenvalue weighted by atomic mass is 32.2. The van der Waals surface area contributed by atoms with E-state index in [1.807, 2.05) is 6.07 Å². The first-order valence-electron chi connectivity index (χ1n) is 6.08. The summed E-state index contributed by atoms with van der Waals surface area (Å²) < 4.78 is 31.6. The van der Waals surface area contributed by atoms with Crippen molar-refractivity contribution in [2.75, 3.05) is 6.54 Å². The lowest BCUT2D eigenvalue weighted by atomic mass is 10.1. The van der Waals surface area contributed by atoms with E-state index in [9.17, 15) is 8.42 Å². The number of rotatable bonds is 6. The standard InChI is InChI=1S/C12H16N4O3S/c1-9-10(7-13)3-2-4-11(9)20(17,18)15-6-5-12-14-8-19-16-12/h2-4,8,15H,5-7,13H2,1H3. The number of nitrogens with one attached hydrogen (secondary N) is 1. The van der Waals surface area contributed by atoms with Gasteiger partial charge in [-0.15, -0.1) is 0 Å². The number of hydrogen-bond acceptors (Lipinski definition) is 6. The van der Waals surface area contributed by atoms with E-state index in [-0.39, 0.29) is 11.4 Å². The highest BCUT2D eigenvalue weighted by Crippen LogP contribution is 2.18. The minimum Gasteiger partial charge on any atom is -0.343 e. The molecule has 0 saturated heterocycles. The van der Waals surface area contributed by atoms with Crippen LogP contribution in [0, 0.1) is 6.92 Å². The smallest absolute Gasteiger partial charge is 0.240 e. The summed E-state index contributed by atoms with van der Waals surface area (Å²) in [5.74, 6) is 0.458. The zero-order valence-corrected chi connectivity index (χ0v) is 11.9. The van der Waals surface area contributed by atoms with E-state index in [1.165, 1.54) is 6.39 Å². The quantitative estimate of drug-likeness (QED) is 0.796. The van der Waals surface area contributed by atoms with Crippen LogP contribution in [0.5, 0.6) is 0 Å². The van der Waals surface area contributed by atoms with Gasteiger partial charge in [0, 0.05) is 19.5 Å². The molecule has 20 heavy (non-hydrogen) atoms. The normalized spacial score (nSPS) is 11.7. The van der Waals surface area contributed by atoms with E-state index < -0.39 is 10.0 Å². The van der Waals surface area contributed by atoms with Crippen LogP contribution in [0.15, 0.2) is 34.0 Å². The summed E-state index contributed by atoms with van der Waals surface area (Å²) in [4.78, 5) is 4.07. The van der Waals surface area contributed by atoms with Crippen LogP contribution in [0.25, 0.3) is 0 Å². The molecule has 1 heterocycles. The Kier molecular flexibility index (Phi) is 4.48. The van der Waals surface area contributed by atoms with Crippen LogP contribution in [0.4, 0.5) is 0 Å². The second kappa shape index (κ2) is 6.12. The van der Waals surface area contributed by atoms with Crippen LogP contribution in [0.3, 0.4) is 0 Å². The SMILES string of the molecule is Cc1c(CN)cccc1S(=O)(=O)NCCc1ncon1. The maximum atomic E-state index is 12.2. The van der Waals surface area contributed by atoms with Gasteiger partial charge in [-0.3, -0.25) is 0 Å². The Morgan fingerprint density at radius 1 is 1.40 bits per heavy atom. The molecule has 8 heteroatoms. The number of sulfonamides is 1. The Labute approximate surface area is 117 Å². The minimum atomic E-state index is -3.57. The first kappa shape index (κ1) is 14.6. The molecule has 0 amide bonds. The summed E-state index contributed by atoms with van der Waals surface area (Å²) >= 11 is 0. The van der Waals surface area contributed by atoms with Crippen LogP contribution in [-0.4, -0.2) is 25.1 Å². The summed E-state index contributed by atoms with van der Waals surface area (Å²) in [6.07, 6.45) is 1.57. The lowest BCUT2D eigenvalue weighted by Crippen LogP contribution is -2.27. The predicted molar refractivity (Wildman–Crippen MR) is 72.3 cm³/mol. The fourth-order valence-corrected chi connectivity index (χ4v) is 3.17. The molecular weight excluding hydrogens is 280 g/mol. The lowest BCUT2D eigenvalue weighted by Gasteiger charge is -2.11. The fraction of sp³-hybridized carbons (Fsp3) is 0.333. The number of hydrogen-bond donors (Lipinski definition) is 2. The number of benzene rings is 1. The summed E-state index contributed by atoms with van der Waals surface area (Å²) in [5.41, 5.74) is 7.06. The first-order valence-corrected chi connectivity index (χ1v) is 7.56. The van der Waals surface area contributed by atoms with Crippen LogP contribution in [0.1, 0.15) is 17.0 Å². The molecule has 0 unspecified atom stereocenters. The highest BCUT2D eigenvalue weighted by Gasteiger charge is 2.17. The summed E-state index contributed by atoms with van der Waals surface area (Å²) in [6, 6.07) is 5.06. The molecule has 3 N–H and O–H groups in total. The van der Waals surface area contributed by atoms with Crippen molar-refractivity contribution in [3.8, 4) is 0 Å². The van der Waals surface area contributed by atoms with E-state index in [1.54, 1.807) is 19.1 Å². The Bertz CT molecular complexity index is 668. The van der Waals surface area contributed by atoms with Crippen molar-refractivity contribution < 1.29 is 12.9 Å². The topological polar surface area (TPSA) is 111 Å². The van der Waals surface area contributed by atoms with Crippen molar-refractivity contribution in [2.45, 2.75) is 24.8 Å². The van der Waals surface area contributed by atoms with E-state index in [0.29, 0.717) is 24.4 Å². The van der Waals surface area contributed by atoms with Gasteiger partial charge in [0.1, 0.15) is 0 Å². The van der Waals surface area contributed by atoms with Crippen molar-refractivity contribution in [2.24, 2.45) is 5.73 Å². The maximum absolute atomic E-state index is 12.2. The summed E-state index contributed by atoms with van der Waals surface area (Å²) in [6.45, 7) is 2.25. The van der Waals surface area contributed by atoms with Gasteiger partial charge >= 0.3 is 0 Å². The van der Waals surface area contributed by atoms with Gasteiger partial charge in [0.05, 0.1) is 4.90 Å². The van der Waals surface area contributed by atoms with E-state index in [0.717, 1.165) is 5.56 Å². The van der Waals surface area contributed by atoms with Gasteiger partial charge < -0.3 is 10.3 Å². The molecule has 0 spiro atoms. The zero-order valence-electron chi connectivity index (χ0n) is 11.0. The van der Waals surface area contributed by atoms with Crippen LogP contribution < -0.4 is 10.5 Å². The predicted octanol–water partition coefficient (Wildman–Crippen LogP) is 0.358. The van der Waals surface area contributed by atoms with Crippen LogP contribution in [0.2, 0.25) is 0 Å². The molecule has 2 rings (SSSR count). The minimum absolute atomic E-state index is 0.203. The van der Waals surface area contributed by atoms with E-state index in [2.05, 4.69) is 19.4 Å². The third-order valence-electron chi connectivity index (χ3n) is 2.95. The zero-order chi connectivity index (χ0) is 14.6. The molecule has 0 aliphatic heterocycles. The highest BCUT2D eigenvalue weighted by molar-refractivity contribution is 7.89. The molecule has 1 aromatic carbocycles. The number of nitrogens with two attached hydrogens (primary N) is 1. The Morgan fingerprint density at radius 3 is 2.85 bits per heavy atom. The Balaban J connectivity index is 2.10. The third-order valence-corrected chi connectivity index (χ3v) is 4.56. The van der Waals surface area contributed by atoms with Crippen molar-refractivity contribution in [1.29, 1.82) is 0 Å². The Hall–Kier alpha value is -1.77.